The van der Waals surface area contributed by atoms with Crippen molar-refractivity contribution in [3.63, 3.8) is 0 Å². The summed E-state index contributed by atoms with van der Waals surface area (Å²) < 4.78 is 10.9. The van der Waals surface area contributed by atoms with E-state index in [-0.39, 0.29) is 5.91 Å². The molecule has 0 radical (unpaired) electrons. The number of carbonyl (C=O) groups excluding carboxylic acids is 1. The van der Waals surface area contributed by atoms with Crippen LogP contribution in [0.2, 0.25) is 0 Å². The van der Waals surface area contributed by atoms with E-state index < -0.39 is 6.10 Å². The number of ether oxygens (including phenoxy) is 2. The maximum absolute atomic E-state index is 12.4. The minimum atomic E-state index is -0.605. The summed E-state index contributed by atoms with van der Waals surface area (Å²) in [6.07, 6.45) is -0.605. The largest absolute Gasteiger partial charge is 0.493 e. The summed E-state index contributed by atoms with van der Waals surface area (Å²) in [7, 11) is 3.31. The van der Waals surface area contributed by atoms with E-state index in [2.05, 4.69) is 0 Å². The molecule has 4 nitrogen and oxygen atoms in total. The molecule has 110 valence electrons. The molecular formula is C17H19NO3. The Morgan fingerprint density at radius 3 is 2.19 bits per heavy atom. The van der Waals surface area contributed by atoms with Crippen molar-refractivity contribution in [2.45, 2.75) is 13.0 Å². The smallest absolute Gasteiger partial charge is 0.267 e. The third-order valence-electron chi connectivity index (χ3n) is 3.19. The number of likely N-dealkylation sites (N-methyl/N-ethyl adjacent to an activating group) is 1. The number of methoxy groups -OCH3 is 1. The molecule has 0 aliphatic heterocycles. The molecule has 2 rings (SSSR count). The molecular weight excluding hydrogens is 266 g/mol. The molecule has 0 saturated heterocycles. The fourth-order valence-electron chi connectivity index (χ4n) is 2.01. The maximum atomic E-state index is 12.4. The average Bonchev–Trinajstić information content (AvgIpc) is 2.54. The van der Waals surface area contributed by atoms with Gasteiger partial charge >= 0.3 is 0 Å². The molecule has 0 saturated carbocycles. The van der Waals surface area contributed by atoms with Gasteiger partial charge in [-0.15, -0.1) is 0 Å². The first-order valence-corrected chi connectivity index (χ1v) is 6.75. The predicted molar refractivity (Wildman–Crippen MR) is 82.9 cm³/mol. The lowest BCUT2D eigenvalue weighted by Crippen LogP contribution is -2.38. The van der Waals surface area contributed by atoms with Crippen LogP contribution in [0.1, 0.15) is 6.92 Å². The third-order valence-corrected chi connectivity index (χ3v) is 3.19. The summed E-state index contributed by atoms with van der Waals surface area (Å²) in [4.78, 5) is 14.0. The van der Waals surface area contributed by atoms with Crippen molar-refractivity contribution in [3.8, 4) is 11.5 Å². The lowest BCUT2D eigenvalue weighted by Gasteiger charge is -2.22. The van der Waals surface area contributed by atoms with E-state index in [4.69, 9.17) is 9.47 Å². The highest BCUT2D eigenvalue weighted by molar-refractivity contribution is 5.96. The number of rotatable bonds is 5. The van der Waals surface area contributed by atoms with Gasteiger partial charge in [0.1, 0.15) is 0 Å². The van der Waals surface area contributed by atoms with Gasteiger partial charge in [-0.3, -0.25) is 4.79 Å². The van der Waals surface area contributed by atoms with Gasteiger partial charge in [-0.2, -0.15) is 0 Å². The second-order valence-corrected chi connectivity index (χ2v) is 4.64. The highest BCUT2D eigenvalue weighted by Crippen LogP contribution is 2.27. The van der Waals surface area contributed by atoms with E-state index in [1.807, 2.05) is 42.5 Å². The number of hydrogen-bond donors (Lipinski definition) is 0. The Morgan fingerprint density at radius 1 is 1.00 bits per heavy atom. The minimum absolute atomic E-state index is 0.118. The zero-order valence-corrected chi connectivity index (χ0v) is 12.4. The lowest BCUT2D eigenvalue weighted by atomic mass is 10.2. The number of carbonyl (C=O) groups is 1. The Labute approximate surface area is 124 Å². The van der Waals surface area contributed by atoms with Gasteiger partial charge < -0.3 is 14.4 Å². The zero-order valence-electron chi connectivity index (χ0n) is 12.4. The molecule has 4 heteroatoms. The summed E-state index contributed by atoms with van der Waals surface area (Å²) in [5.74, 6) is 1.05. The number of nitrogens with zero attached hydrogens (tertiary/aromatic N) is 1. The van der Waals surface area contributed by atoms with Crippen LogP contribution in [0.3, 0.4) is 0 Å². The normalized spacial score (nSPS) is 11.6. The molecule has 2 aromatic carbocycles. The van der Waals surface area contributed by atoms with Crippen molar-refractivity contribution >= 4 is 11.6 Å². The van der Waals surface area contributed by atoms with Gasteiger partial charge in [0.25, 0.3) is 5.91 Å². The molecule has 0 N–H and O–H groups in total. The fourth-order valence-corrected chi connectivity index (χ4v) is 2.01. The van der Waals surface area contributed by atoms with E-state index in [1.165, 1.54) is 0 Å². The third kappa shape index (κ3) is 3.54. The average molecular weight is 285 g/mol. The molecule has 0 bridgehead atoms. The van der Waals surface area contributed by atoms with E-state index in [1.54, 1.807) is 38.1 Å². The lowest BCUT2D eigenvalue weighted by molar-refractivity contribution is -0.124. The molecule has 0 aromatic heterocycles. The predicted octanol–water partition coefficient (Wildman–Crippen LogP) is 3.13. The highest BCUT2D eigenvalue weighted by atomic mass is 16.5. The molecule has 2 aromatic rings. The molecule has 1 unspecified atom stereocenters. The Bertz CT molecular complexity index is 598. The van der Waals surface area contributed by atoms with Crippen molar-refractivity contribution in [1.29, 1.82) is 0 Å². The van der Waals surface area contributed by atoms with Crippen LogP contribution in [0.25, 0.3) is 0 Å². The van der Waals surface area contributed by atoms with Gasteiger partial charge in [0.05, 0.1) is 7.11 Å². The number of benzene rings is 2. The van der Waals surface area contributed by atoms with Gasteiger partial charge in [-0.25, -0.2) is 0 Å². The van der Waals surface area contributed by atoms with Crippen LogP contribution in [0.4, 0.5) is 5.69 Å². The van der Waals surface area contributed by atoms with Gasteiger partial charge in [0, 0.05) is 12.7 Å². The van der Waals surface area contributed by atoms with Gasteiger partial charge in [0.2, 0.25) is 0 Å². The Hall–Kier alpha value is -2.49. The molecule has 1 atom stereocenters. The Morgan fingerprint density at radius 2 is 1.57 bits per heavy atom. The monoisotopic (exact) mass is 285 g/mol. The molecule has 0 fully saturated rings. The minimum Gasteiger partial charge on any atom is -0.493 e. The molecule has 0 aliphatic rings. The van der Waals surface area contributed by atoms with Gasteiger partial charge in [-0.05, 0) is 31.2 Å². The number of hydrogen-bond acceptors (Lipinski definition) is 3. The summed E-state index contributed by atoms with van der Waals surface area (Å²) in [6.45, 7) is 1.73. The summed E-state index contributed by atoms with van der Waals surface area (Å²) in [5.41, 5.74) is 0.831. The quantitative estimate of drug-likeness (QED) is 0.847. The van der Waals surface area contributed by atoms with Crippen LogP contribution in [-0.4, -0.2) is 26.2 Å². The van der Waals surface area contributed by atoms with Crippen LogP contribution in [0.5, 0.6) is 11.5 Å². The number of amides is 1. The first-order valence-electron chi connectivity index (χ1n) is 6.75. The van der Waals surface area contributed by atoms with Gasteiger partial charge in [-0.1, -0.05) is 30.3 Å². The van der Waals surface area contributed by atoms with Crippen LogP contribution < -0.4 is 14.4 Å². The van der Waals surface area contributed by atoms with Crippen molar-refractivity contribution in [1.82, 2.24) is 0 Å². The van der Waals surface area contributed by atoms with Crippen molar-refractivity contribution in [3.05, 3.63) is 54.6 Å². The molecule has 0 aliphatic carbocycles. The maximum Gasteiger partial charge on any atom is 0.267 e. The molecule has 1 amide bonds. The molecule has 0 heterocycles. The second kappa shape index (κ2) is 6.79. The van der Waals surface area contributed by atoms with E-state index >= 15 is 0 Å². The number of para-hydroxylation sites is 3. The number of anilines is 1. The van der Waals surface area contributed by atoms with E-state index in [9.17, 15) is 4.79 Å². The van der Waals surface area contributed by atoms with Crippen LogP contribution in [0.15, 0.2) is 54.6 Å². The van der Waals surface area contributed by atoms with Gasteiger partial charge in [0.15, 0.2) is 17.6 Å². The Balaban J connectivity index is 2.09. The molecule has 21 heavy (non-hydrogen) atoms. The standard InChI is InChI=1S/C17H19NO3/c1-13(21-16-12-8-7-11-15(16)20-3)17(19)18(2)14-9-5-4-6-10-14/h4-13H,1-3H3. The van der Waals surface area contributed by atoms with Crippen LogP contribution in [0, 0.1) is 0 Å². The van der Waals surface area contributed by atoms with Crippen molar-refractivity contribution < 1.29 is 14.3 Å². The first-order chi connectivity index (χ1) is 10.1. The fraction of sp³-hybridized carbons (Fsp3) is 0.235. The Kier molecular flexibility index (Phi) is 4.82. The van der Waals surface area contributed by atoms with Crippen LogP contribution >= 0.6 is 0 Å². The summed E-state index contributed by atoms with van der Waals surface area (Å²) in [5, 5.41) is 0. The highest BCUT2D eigenvalue weighted by Gasteiger charge is 2.21. The van der Waals surface area contributed by atoms with E-state index in [0.29, 0.717) is 11.5 Å². The van der Waals surface area contributed by atoms with Crippen LogP contribution in [-0.2, 0) is 4.79 Å². The van der Waals surface area contributed by atoms with E-state index in [0.717, 1.165) is 5.69 Å². The van der Waals surface area contributed by atoms with Crippen molar-refractivity contribution in [2.75, 3.05) is 19.1 Å². The first kappa shape index (κ1) is 14.9. The zero-order chi connectivity index (χ0) is 15.2. The molecule has 0 spiro atoms. The SMILES string of the molecule is COc1ccccc1OC(C)C(=O)N(C)c1ccccc1. The van der Waals surface area contributed by atoms with Crippen molar-refractivity contribution in [2.24, 2.45) is 0 Å². The summed E-state index contributed by atoms with van der Waals surface area (Å²) >= 11 is 0. The summed E-state index contributed by atoms with van der Waals surface area (Å²) in [6, 6.07) is 16.7. The second-order valence-electron chi connectivity index (χ2n) is 4.64. The topological polar surface area (TPSA) is 38.8 Å².